The Morgan fingerprint density at radius 3 is 2.83 bits per heavy atom. The highest BCUT2D eigenvalue weighted by Gasteiger charge is 2.19. The van der Waals surface area contributed by atoms with E-state index in [9.17, 15) is 4.39 Å². The molecule has 0 unspecified atom stereocenters. The molecule has 0 aliphatic rings. The van der Waals surface area contributed by atoms with E-state index in [1.807, 2.05) is 13.8 Å². The molecule has 0 saturated carbocycles. The molecule has 0 radical (unpaired) electrons. The van der Waals surface area contributed by atoms with Gasteiger partial charge in [-0.1, -0.05) is 30.6 Å². The number of rotatable bonds is 3. The second kappa shape index (κ2) is 4.98. The molecule has 0 amide bonds. The summed E-state index contributed by atoms with van der Waals surface area (Å²) in [5.74, 6) is 0.632. The Labute approximate surface area is 110 Å². The van der Waals surface area contributed by atoms with Gasteiger partial charge in [0.05, 0.1) is 5.56 Å². The standard InChI is InChI=1S/C13H14ClFN2O/c1-7(2)5-10-12(18-17-13(10)16)9-6-8(14)3-4-11(9)15/h3-4,6-7H,5H2,1-2H3,(H2,16,17). The number of nitrogens with two attached hydrogens (primary N) is 1. The van der Waals surface area contributed by atoms with Gasteiger partial charge < -0.3 is 10.3 Å². The number of aromatic nitrogens is 1. The Bertz CT molecular complexity index is 566. The molecule has 0 atom stereocenters. The lowest BCUT2D eigenvalue weighted by atomic mass is 9.99. The van der Waals surface area contributed by atoms with Crippen LogP contribution in [-0.4, -0.2) is 5.16 Å². The molecular weight excluding hydrogens is 255 g/mol. The van der Waals surface area contributed by atoms with E-state index in [0.717, 1.165) is 5.56 Å². The number of nitrogens with zero attached hydrogens (tertiary/aromatic N) is 1. The predicted octanol–water partition coefficient (Wildman–Crippen LogP) is 3.91. The summed E-state index contributed by atoms with van der Waals surface area (Å²) < 4.78 is 18.9. The van der Waals surface area contributed by atoms with Crippen LogP contribution in [0.4, 0.5) is 10.2 Å². The first kappa shape index (κ1) is 12.9. The van der Waals surface area contributed by atoms with E-state index in [0.29, 0.717) is 34.5 Å². The first-order chi connectivity index (χ1) is 8.49. The van der Waals surface area contributed by atoms with Gasteiger partial charge in [0.1, 0.15) is 5.82 Å². The maximum atomic E-state index is 13.8. The van der Waals surface area contributed by atoms with Gasteiger partial charge in [0.15, 0.2) is 11.6 Å². The minimum absolute atomic E-state index is 0.294. The van der Waals surface area contributed by atoms with Crippen LogP contribution in [0.25, 0.3) is 11.3 Å². The van der Waals surface area contributed by atoms with E-state index >= 15 is 0 Å². The molecule has 2 N–H and O–H groups in total. The fourth-order valence-electron chi connectivity index (χ4n) is 1.81. The average Bonchev–Trinajstić information content (AvgIpc) is 2.64. The number of nitrogen functional groups attached to an aromatic ring is 1. The van der Waals surface area contributed by atoms with Crippen LogP contribution in [-0.2, 0) is 6.42 Å². The van der Waals surface area contributed by atoms with Gasteiger partial charge in [0, 0.05) is 10.6 Å². The van der Waals surface area contributed by atoms with Crippen molar-refractivity contribution in [3.63, 3.8) is 0 Å². The van der Waals surface area contributed by atoms with E-state index < -0.39 is 5.82 Å². The number of hydrogen-bond donors (Lipinski definition) is 1. The van der Waals surface area contributed by atoms with Crippen LogP contribution in [0.3, 0.4) is 0 Å². The third-order valence-electron chi connectivity index (χ3n) is 2.60. The fraction of sp³-hybridized carbons (Fsp3) is 0.308. The Kier molecular flexibility index (Phi) is 3.57. The van der Waals surface area contributed by atoms with E-state index in [-0.39, 0.29) is 0 Å². The normalized spacial score (nSPS) is 11.2. The summed E-state index contributed by atoms with van der Waals surface area (Å²) in [6.45, 7) is 4.09. The molecule has 0 spiro atoms. The van der Waals surface area contributed by atoms with Crippen molar-refractivity contribution in [2.75, 3.05) is 5.73 Å². The van der Waals surface area contributed by atoms with E-state index in [1.165, 1.54) is 18.2 Å². The predicted molar refractivity (Wildman–Crippen MR) is 69.9 cm³/mol. The van der Waals surface area contributed by atoms with E-state index in [2.05, 4.69) is 5.16 Å². The molecule has 0 aliphatic heterocycles. The summed E-state index contributed by atoms with van der Waals surface area (Å²) in [5, 5.41) is 4.15. The summed E-state index contributed by atoms with van der Waals surface area (Å²) in [7, 11) is 0. The SMILES string of the molecule is CC(C)Cc1c(N)noc1-c1cc(Cl)ccc1F. The molecule has 1 heterocycles. The van der Waals surface area contributed by atoms with Gasteiger partial charge in [0.2, 0.25) is 0 Å². The topological polar surface area (TPSA) is 52.0 Å². The zero-order valence-corrected chi connectivity index (χ0v) is 11.0. The van der Waals surface area contributed by atoms with Crippen LogP contribution in [0.1, 0.15) is 19.4 Å². The Hall–Kier alpha value is -1.55. The van der Waals surface area contributed by atoms with Crippen molar-refractivity contribution in [2.45, 2.75) is 20.3 Å². The van der Waals surface area contributed by atoms with Gasteiger partial charge in [-0.3, -0.25) is 0 Å². The minimum atomic E-state index is -0.402. The van der Waals surface area contributed by atoms with Gasteiger partial charge >= 0.3 is 0 Å². The first-order valence-electron chi connectivity index (χ1n) is 5.68. The lowest BCUT2D eigenvalue weighted by Crippen LogP contribution is -1.99. The fourth-order valence-corrected chi connectivity index (χ4v) is 1.98. The zero-order chi connectivity index (χ0) is 13.3. The molecule has 1 aromatic heterocycles. The lowest BCUT2D eigenvalue weighted by Gasteiger charge is -2.06. The van der Waals surface area contributed by atoms with Gasteiger partial charge in [-0.15, -0.1) is 0 Å². The largest absolute Gasteiger partial charge is 0.381 e. The van der Waals surface area contributed by atoms with Crippen LogP contribution in [0.15, 0.2) is 22.7 Å². The molecule has 2 rings (SSSR count). The van der Waals surface area contributed by atoms with E-state index in [1.54, 1.807) is 0 Å². The van der Waals surface area contributed by atoms with Crippen molar-refractivity contribution in [2.24, 2.45) is 5.92 Å². The number of halogens is 2. The smallest absolute Gasteiger partial charge is 0.175 e. The van der Waals surface area contributed by atoms with Crippen LogP contribution in [0.2, 0.25) is 5.02 Å². The third-order valence-corrected chi connectivity index (χ3v) is 2.84. The Morgan fingerprint density at radius 1 is 1.44 bits per heavy atom. The van der Waals surface area contributed by atoms with Crippen molar-refractivity contribution in [3.05, 3.63) is 34.6 Å². The molecule has 96 valence electrons. The molecule has 1 aromatic carbocycles. The molecular formula is C13H14ClFN2O. The highest BCUT2D eigenvalue weighted by atomic mass is 35.5. The monoisotopic (exact) mass is 268 g/mol. The summed E-state index contributed by atoms with van der Waals surface area (Å²) in [4.78, 5) is 0. The summed E-state index contributed by atoms with van der Waals surface area (Å²) >= 11 is 5.87. The van der Waals surface area contributed by atoms with Gasteiger partial charge in [-0.2, -0.15) is 0 Å². The number of anilines is 1. The second-order valence-corrected chi connectivity index (χ2v) is 5.03. The van der Waals surface area contributed by atoms with Gasteiger partial charge in [-0.05, 0) is 30.5 Å². The van der Waals surface area contributed by atoms with Crippen LogP contribution >= 0.6 is 11.6 Å². The summed E-state index contributed by atoms with van der Waals surface area (Å²) in [6, 6.07) is 4.30. The minimum Gasteiger partial charge on any atom is -0.381 e. The molecule has 2 aromatic rings. The Morgan fingerprint density at radius 2 is 2.17 bits per heavy atom. The third kappa shape index (κ3) is 2.48. The van der Waals surface area contributed by atoms with Crippen LogP contribution in [0, 0.1) is 11.7 Å². The zero-order valence-electron chi connectivity index (χ0n) is 10.2. The lowest BCUT2D eigenvalue weighted by molar-refractivity contribution is 0.432. The number of hydrogen-bond acceptors (Lipinski definition) is 3. The molecule has 0 bridgehead atoms. The summed E-state index contributed by atoms with van der Waals surface area (Å²) in [6.07, 6.45) is 0.677. The average molecular weight is 269 g/mol. The van der Waals surface area contributed by atoms with Crippen LogP contribution in [0.5, 0.6) is 0 Å². The molecule has 0 fully saturated rings. The van der Waals surface area contributed by atoms with E-state index in [4.69, 9.17) is 21.9 Å². The molecule has 5 heteroatoms. The maximum Gasteiger partial charge on any atom is 0.175 e. The van der Waals surface area contributed by atoms with Crippen molar-refractivity contribution in [1.82, 2.24) is 5.16 Å². The highest BCUT2D eigenvalue weighted by molar-refractivity contribution is 6.30. The van der Waals surface area contributed by atoms with Gasteiger partial charge in [-0.25, -0.2) is 4.39 Å². The van der Waals surface area contributed by atoms with Gasteiger partial charge in [0.25, 0.3) is 0 Å². The molecule has 0 aliphatic carbocycles. The maximum absolute atomic E-state index is 13.8. The number of benzene rings is 1. The highest BCUT2D eigenvalue weighted by Crippen LogP contribution is 2.33. The van der Waals surface area contributed by atoms with Crippen molar-refractivity contribution < 1.29 is 8.91 Å². The molecule has 3 nitrogen and oxygen atoms in total. The van der Waals surface area contributed by atoms with Crippen molar-refractivity contribution >= 4 is 17.4 Å². The second-order valence-electron chi connectivity index (χ2n) is 4.60. The van der Waals surface area contributed by atoms with Crippen molar-refractivity contribution in [1.29, 1.82) is 0 Å². The quantitative estimate of drug-likeness (QED) is 0.918. The summed E-state index contributed by atoms with van der Waals surface area (Å²) in [5.41, 5.74) is 6.78. The van der Waals surface area contributed by atoms with Crippen molar-refractivity contribution in [3.8, 4) is 11.3 Å². The first-order valence-corrected chi connectivity index (χ1v) is 6.06. The van der Waals surface area contributed by atoms with Crippen LogP contribution < -0.4 is 5.73 Å². The molecule has 0 saturated heterocycles. The molecule has 18 heavy (non-hydrogen) atoms. The Balaban J connectivity index is 2.53.